The Morgan fingerprint density at radius 1 is 1.10 bits per heavy atom. The molecule has 0 saturated heterocycles. The average molecular weight is 274 g/mol. The number of carboxylic acids is 1. The van der Waals surface area contributed by atoms with E-state index in [1.807, 2.05) is 30.3 Å². The largest absolute Gasteiger partial charge is 0.478 e. The maximum Gasteiger partial charge on any atom is 0.328 e. The lowest BCUT2D eigenvalue weighted by Crippen LogP contribution is -2.41. The van der Waals surface area contributed by atoms with Crippen molar-refractivity contribution in [2.45, 2.75) is 12.3 Å². The fourth-order valence-electron chi connectivity index (χ4n) is 1.96. The third-order valence-corrected chi connectivity index (χ3v) is 3.04. The second-order valence-corrected chi connectivity index (χ2v) is 4.51. The molecule has 6 nitrogen and oxygen atoms in total. The first-order valence-electron chi connectivity index (χ1n) is 6.13. The summed E-state index contributed by atoms with van der Waals surface area (Å²) in [5.41, 5.74) is 5.53. The van der Waals surface area contributed by atoms with Crippen molar-refractivity contribution < 1.29 is 19.5 Å². The van der Waals surface area contributed by atoms with Crippen molar-refractivity contribution in [3.8, 4) is 0 Å². The van der Waals surface area contributed by atoms with E-state index >= 15 is 0 Å². The molecular weight excluding hydrogens is 260 g/mol. The molecular formula is C14H14N2O4. The van der Waals surface area contributed by atoms with Gasteiger partial charge in [-0.2, -0.15) is 0 Å². The molecule has 6 heteroatoms. The summed E-state index contributed by atoms with van der Waals surface area (Å²) in [5.74, 6) is -2.14. The lowest BCUT2D eigenvalue weighted by molar-refractivity contribution is -0.131. The molecule has 0 heterocycles. The molecule has 2 rings (SSSR count). The summed E-state index contributed by atoms with van der Waals surface area (Å²) < 4.78 is 0. The van der Waals surface area contributed by atoms with Crippen molar-refractivity contribution in [1.29, 1.82) is 0 Å². The Balaban J connectivity index is 1.77. The van der Waals surface area contributed by atoms with Crippen LogP contribution in [0.4, 0.5) is 0 Å². The van der Waals surface area contributed by atoms with Crippen molar-refractivity contribution in [3.63, 3.8) is 0 Å². The molecule has 0 radical (unpaired) electrons. The van der Waals surface area contributed by atoms with Gasteiger partial charge in [-0.05, 0) is 17.9 Å². The molecule has 20 heavy (non-hydrogen) atoms. The number of carbonyl (C=O) groups excluding carboxylic acids is 2. The monoisotopic (exact) mass is 274 g/mol. The van der Waals surface area contributed by atoms with Crippen molar-refractivity contribution in [2.24, 2.45) is 5.92 Å². The first kappa shape index (κ1) is 13.8. The van der Waals surface area contributed by atoms with E-state index in [2.05, 4.69) is 10.9 Å². The fraction of sp³-hybridized carbons (Fsp3) is 0.214. The van der Waals surface area contributed by atoms with Gasteiger partial charge < -0.3 is 5.11 Å². The first-order valence-corrected chi connectivity index (χ1v) is 6.13. The molecule has 0 unspecified atom stereocenters. The third kappa shape index (κ3) is 3.68. The molecule has 1 aromatic rings. The second kappa shape index (κ2) is 6.01. The van der Waals surface area contributed by atoms with Crippen LogP contribution < -0.4 is 10.9 Å². The van der Waals surface area contributed by atoms with E-state index in [-0.39, 0.29) is 17.7 Å². The van der Waals surface area contributed by atoms with E-state index in [0.29, 0.717) is 6.08 Å². The molecule has 1 aliphatic rings. The van der Waals surface area contributed by atoms with E-state index in [4.69, 9.17) is 5.11 Å². The SMILES string of the molecule is O=C(O)/C=C\C(=O)NNC(=O)[C@@H]1C[C@H]1c1ccccc1. The van der Waals surface area contributed by atoms with E-state index in [9.17, 15) is 14.4 Å². The number of rotatable bonds is 4. The lowest BCUT2D eigenvalue weighted by Gasteiger charge is -2.04. The third-order valence-electron chi connectivity index (χ3n) is 3.04. The highest BCUT2D eigenvalue weighted by atomic mass is 16.4. The van der Waals surface area contributed by atoms with Crippen LogP contribution in [0, 0.1) is 5.92 Å². The van der Waals surface area contributed by atoms with Gasteiger partial charge in [-0.25, -0.2) is 4.79 Å². The molecule has 1 aliphatic carbocycles. The summed E-state index contributed by atoms with van der Waals surface area (Å²) >= 11 is 0. The molecule has 1 fully saturated rings. The van der Waals surface area contributed by atoms with Gasteiger partial charge in [0.25, 0.3) is 5.91 Å². The number of hydrogen-bond donors (Lipinski definition) is 3. The molecule has 0 aliphatic heterocycles. The van der Waals surface area contributed by atoms with Crippen molar-refractivity contribution in [3.05, 3.63) is 48.0 Å². The van der Waals surface area contributed by atoms with Gasteiger partial charge in [0.05, 0.1) is 0 Å². The minimum atomic E-state index is -1.22. The fourth-order valence-corrected chi connectivity index (χ4v) is 1.96. The number of benzene rings is 1. The topological polar surface area (TPSA) is 95.5 Å². The highest BCUT2D eigenvalue weighted by Gasteiger charge is 2.43. The van der Waals surface area contributed by atoms with Crippen LogP contribution in [-0.2, 0) is 14.4 Å². The molecule has 1 aromatic carbocycles. The van der Waals surface area contributed by atoms with Gasteiger partial charge in [-0.3, -0.25) is 20.4 Å². The normalized spacial score (nSPS) is 20.4. The van der Waals surface area contributed by atoms with Gasteiger partial charge in [-0.1, -0.05) is 30.3 Å². The predicted molar refractivity (Wildman–Crippen MR) is 70.4 cm³/mol. The van der Waals surface area contributed by atoms with Crippen molar-refractivity contribution in [2.75, 3.05) is 0 Å². The zero-order valence-electron chi connectivity index (χ0n) is 10.6. The molecule has 1 saturated carbocycles. The van der Waals surface area contributed by atoms with Gasteiger partial charge in [0.15, 0.2) is 0 Å². The van der Waals surface area contributed by atoms with Crippen molar-refractivity contribution in [1.82, 2.24) is 10.9 Å². The lowest BCUT2D eigenvalue weighted by atomic mass is 10.1. The second-order valence-electron chi connectivity index (χ2n) is 4.51. The summed E-state index contributed by atoms with van der Waals surface area (Å²) in [6.07, 6.45) is 2.28. The number of amides is 2. The summed E-state index contributed by atoms with van der Waals surface area (Å²) in [5, 5.41) is 8.34. The molecule has 104 valence electrons. The van der Waals surface area contributed by atoms with Crippen LogP contribution in [-0.4, -0.2) is 22.9 Å². The van der Waals surface area contributed by atoms with Crippen LogP contribution in [0.5, 0.6) is 0 Å². The standard InChI is InChI=1S/C14H14N2O4/c17-12(6-7-13(18)19)15-16-14(20)11-8-10(11)9-4-2-1-3-5-9/h1-7,10-11H,8H2,(H,15,17)(H,16,20)(H,18,19)/b7-6-/t10-,11+/m0/s1. The predicted octanol–water partition coefficient (Wildman–Crippen LogP) is 0.578. The van der Waals surface area contributed by atoms with Gasteiger partial charge in [0.2, 0.25) is 5.91 Å². The molecule has 0 bridgehead atoms. The Kier molecular flexibility index (Phi) is 4.14. The number of hydrogen-bond acceptors (Lipinski definition) is 3. The van der Waals surface area contributed by atoms with Crippen LogP contribution in [0.3, 0.4) is 0 Å². The minimum Gasteiger partial charge on any atom is -0.478 e. The van der Waals surface area contributed by atoms with Crippen LogP contribution in [0.25, 0.3) is 0 Å². The Morgan fingerprint density at radius 3 is 2.45 bits per heavy atom. The number of hydrazine groups is 1. The number of carbonyl (C=O) groups is 3. The first-order chi connectivity index (χ1) is 9.58. The summed E-state index contributed by atoms with van der Waals surface area (Å²) in [7, 11) is 0. The summed E-state index contributed by atoms with van der Waals surface area (Å²) in [6.45, 7) is 0. The quantitative estimate of drug-likeness (QED) is 0.553. The average Bonchev–Trinajstić information content (AvgIpc) is 3.24. The molecule has 3 N–H and O–H groups in total. The smallest absolute Gasteiger partial charge is 0.328 e. The molecule has 2 atom stereocenters. The Labute approximate surface area is 115 Å². The number of aliphatic carboxylic acids is 1. The van der Waals surface area contributed by atoms with Crippen LogP contribution in [0.1, 0.15) is 17.9 Å². The molecule has 0 spiro atoms. The highest BCUT2D eigenvalue weighted by molar-refractivity contribution is 5.95. The van der Waals surface area contributed by atoms with Gasteiger partial charge >= 0.3 is 5.97 Å². The van der Waals surface area contributed by atoms with Gasteiger partial charge in [0.1, 0.15) is 0 Å². The van der Waals surface area contributed by atoms with Crippen LogP contribution in [0.2, 0.25) is 0 Å². The molecule has 2 amide bonds. The maximum atomic E-state index is 11.8. The summed E-state index contributed by atoms with van der Waals surface area (Å²) in [4.78, 5) is 33.1. The Hall–Kier alpha value is -2.63. The highest BCUT2D eigenvalue weighted by Crippen LogP contribution is 2.47. The Bertz CT molecular complexity index is 554. The van der Waals surface area contributed by atoms with Crippen LogP contribution in [0.15, 0.2) is 42.5 Å². The maximum absolute atomic E-state index is 11.8. The van der Waals surface area contributed by atoms with E-state index in [0.717, 1.165) is 18.1 Å². The van der Waals surface area contributed by atoms with Crippen molar-refractivity contribution >= 4 is 17.8 Å². The zero-order valence-corrected chi connectivity index (χ0v) is 10.6. The van der Waals surface area contributed by atoms with E-state index in [1.54, 1.807) is 0 Å². The van der Waals surface area contributed by atoms with E-state index < -0.39 is 11.9 Å². The number of carboxylic acid groups (broad SMARTS) is 1. The van der Waals surface area contributed by atoms with E-state index in [1.165, 1.54) is 0 Å². The van der Waals surface area contributed by atoms with Gasteiger partial charge in [-0.15, -0.1) is 0 Å². The number of nitrogens with one attached hydrogen (secondary N) is 2. The Morgan fingerprint density at radius 2 is 1.80 bits per heavy atom. The van der Waals surface area contributed by atoms with Gasteiger partial charge in [0, 0.05) is 18.1 Å². The summed E-state index contributed by atoms with van der Waals surface area (Å²) in [6, 6.07) is 9.68. The molecule has 0 aromatic heterocycles. The minimum absolute atomic E-state index is 0.152. The zero-order chi connectivity index (χ0) is 14.5. The van der Waals surface area contributed by atoms with Crippen LogP contribution >= 0.6 is 0 Å².